The summed E-state index contributed by atoms with van der Waals surface area (Å²) in [6.07, 6.45) is 0. The predicted molar refractivity (Wildman–Crippen MR) is 109 cm³/mol. The van der Waals surface area contributed by atoms with Crippen LogP contribution < -0.4 is 5.32 Å². The molecule has 0 spiro atoms. The van der Waals surface area contributed by atoms with E-state index in [1.54, 1.807) is 0 Å². The van der Waals surface area contributed by atoms with E-state index in [0.29, 0.717) is 5.02 Å². The molecule has 1 N–H and O–H groups in total. The Morgan fingerprint density at radius 2 is 1.60 bits per heavy atom. The molecule has 0 amide bonds. The third-order valence-corrected chi connectivity index (χ3v) is 4.96. The van der Waals surface area contributed by atoms with Gasteiger partial charge < -0.3 is 5.32 Å². The van der Waals surface area contributed by atoms with Crippen molar-refractivity contribution < 1.29 is 0 Å². The SMILES string of the molecule is C[C@@H](NCc1ccc(Cl)c(-c2ccc(Cl)cc2)c1)c1cccc(Cl)c1. The Morgan fingerprint density at radius 3 is 2.32 bits per heavy atom. The van der Waals surface area contributed by atoms with Gasteiger partial charge in [-0.3, -0.25) is 0 Å². The van der Waals surface area contributed by atoms with E-state index in [0.717, 1.165) is 27.7 Å². The van der Waals surface area contributed by atoms with E-state index >= 15 is 0 Å². The van der Waals surface area contributed by atoms with E-state index in [9.17, 15) is 0 Å². The van der Waals surface area contributed by atoms with Crippen LogP contribution in [0.3, 0.4) is 0 Å². The molecule has 3 rings (SSSR count). The minimum Gasteiger partial charge on any atom is -0.306 e. The van der Waals surface area contributed by atoms with Gasteiger partial charge in [-0.25, -0.2) is 0 Å². The summed E-state index contributed by atoms with van der Waals surface area (Å²) in [5.41, 5.74) is 4.40. The highest BCUT2D eigenvalue weighted by Crippen LogP contribution is 2.30. The Bertz CT molecular complexity index is 859. The zero-order valence-electron chi connectivity index (χ0n) is 13.8. The Labute approximate surface area is 163 Å². The van der Waals surface area contributed by atoms with Crippen molar-refractivity contribution in [2.45, 2.75) is 19.5 Å². The quantitative estimate of drug-likeness (QED) is 0.487. The molecule has 0 bridgehead atoms. The van der Waals surface area contributed by atoms with Crippen LogP contribution in [0.2, 0.25) is 15.1 Å². The van der Waals surface area contributed by atoms with Crippen molar-refractivity contribution in [2.24, 2.45) is 0 Å². The predicted octanol–water partition coefficient (Wildman–Crippen LogP) is 7.16. The molecule has 0 fully saturated rings. The number of nitrogens with one attached hydrogen (secondary N) is 1. The number of halogens is 3. The third kappa shape index (κ3) is 4.77. The fraction of sp³-hybridized carbons (Fsp3) is 0.143. The molecule has 3 aromatic rings. The smallest absolute Gasteiger partial charge is 0.0484 e. The van der Waals surface area contributed by atoms with E-state index in [-0.39, 0.29) is 6.04 Å². The van der Waals surface area contributed by atoms with Gasteiger partial charge in [-0.1, -0.05) is 65.1 Å². The monoisotopic (exact) mass is 389 g/mol. The summed E-state index contributed by atoms with van der Waals surface area (Å²) in [7, 11) is 0. The first-order valence-electron chi connectivity index (χ1n) is 8.06. The molecule has 25 heavy (non-hydrogen) atoms. The molecule has 0 unspecified atom stereocenters. The number of benzene rings is 3. The number of hydrogen-bond donors (Lipinski definition) is 1. The molecule has 0 saturated heterocycles. The summed E-state index contributed by atoms with van der Waals surface area (Å²) >= 11 is 18.4. The summed E-state index contributed by atoms with van der Waals surface area (Å²) in [5, 5.41) is 5.73. The Morgan fingerprint density at radius 1 is 0.840 bits per heavy atom. The van der Waals surface area contributed by atoms with E-state index in [4.69, 9.17) is 34.8 Å². The van der Waals surface area contributed by atoms with Crippen molar-refractivity contribution in [1.82, 2.24) is 5.32 Å². The van der Waals surface area contributed by atoms with Gasteiger partial charge in [0.05, 0.1) is 0 Å². The first-order valence-corrected chi connectivity index (χ1v) is 9.19. The van der Waals surface area contributed by atoms with Crippen LogP contribution in [0.4, 0.5) is 0 Å². The minimum atomic E-state index is 0.202. The van der Waals surface area contributed by atoms with E-state index < -0.39 is 0 Å². The summed E-state index contributed by atoms with van der Waals surface area (Å²) < 4.78 is 0. The zero-order chi connectivity index (χ0) is 17.8. The second-order valence-corrected chi connectivity index (χ2v) is 7.26. The maximum absolute atomic E-state index is 6.38. The third-order valence-electron chi connectivity index (χ3n) is 4.15. The van der Waals surface area contributed by atoms with Gasteiger partial charge >= 0.3 is 0 Å². The molecule has 0 saturated carbocycles. The molecule has 0 aliphatic carbocycles. The van der Waals surface area contributed by atoms with E-state index in [2.05, 4.69) is 24.4 Å². The first-order chi connectivity index (χ1) is 12.0. The Balaban J connectivity index is 1.75. The summed E-state index contributed by atoms with van der Waals surface area (Å²) in [6.45, 7) is 2.87. The standard InChI is InChI=1S/C21H18Cl3N/c1-14(17-3-2-4-19(23)12-17)25-13-15-5-10-21(24)20(11-15)16-6-8-18(22)9-7-16/h2-12,14,25H,13H2,1H3/t14-/m1/s1. The van der Waals surface area contributed by atoms with Crippen LogP contribution in [0.25, 0.3) is 11.1 Å². The molecule has 4 heteroatoms. The fourth-order valence-electron chi connectivity index (χ4n) is 2.70. The number of hydrogen-bond acceptors (Lipinski definition) is 1. The highest BCUT2D eigenvalue weighted by atomic mass is 35.5. The molecule has 3 aromatic carbocycles. The minimum absolute atomic E-state index is 0.202. The van der Waals surface area contributed by atoms with E-state index in [1.165, 1.54) is 11.1 Å². The van der Waals surface area contributed by atoms with Crippen molar-refractivity contribution in [3.8, 4) is 11.1 Å². The highest BCUT2D eigenvalue weighted by Gasteiger charge is 2.08. The van der Waals surface area contributed by atoms with Gasteiger partial charge in [0.25, 0.3) is 0 Å². The van der Waals surface area contributed by atoms with Gasteiger partial charge in [0.2, 0.25) is 0 Å². The van der Waals surface area contributed by atoms with Crippen molar-refractivity contribution >= 4 is 34.8 Å². The average Bonchev–Trinajstić information content (AvgIpc) is 2.61. The van der Waals surface area contributed by atoms with Gasteiger partial charge in [0, 0.05) is 33.2 Å². The van der Waals surface area contributed by atoms with Gasteiger partial charge in [-0.05, 0) is 60.0 Å². The molecule has 0 aliphatic heterocycles. The van der Waals surface area contributed by atoms with Crippen molar-refractivity contribution in [3.63, 3.8) is 0 Å². The fourth-order valence-corrected chi connectivity index (χ4v) is 3.25. The normalized spacial score (nSPS) is 12.2. The molecule has 128 valence electrons. The lowest BCUT2D eigenvalue weighted by Crippen LogP contribution is -2.18. The topological polar surface area (TPSA) is 12.0 Å². The van der Waals surface area contributed by atoms with Gasteiger partial charge in [0.1, 0.15) is 0 Å². The van der Waals surface area contributed by atoms with Crippen LogP contribution in [-0.4, -0.2) is 0 Å². The molecule has 1 atom stereocenters. The zero-order valence-corrected chi connectivity index (χ0v) is 16.0. The lowest BCUT2D eigenvalue weighted by molar-refractivity contribution is 0.575. The molecular formula is C21H18Cl3N. The van der Waals surface area contributed by atoms with Crippen LogP contribution >= 0.6 is 34.8 Å². The van der Waals surface area contributed by atoms with Crippen molar-refractivity contribution in [1.29, 1.82) is 0 Å². The molecular weight excluding hydrogens is 373 g/mol. The van der Waals surface area contributed by atoms with Crippen LogP contribution in [0.15, 0.2) is 66.7 Å². The Hall–Kier alpha value is -1.51. The van der Waals surface area contributed by atoms with Crippen LogP contribution in [0, 0.1) is 0 Å². The molecule has 0 aromatic heterocycles. The maximum Gasteiger partial charge on any atom is 0.0484 e. The summed E-state index contributed by atoms with van der Waals surface area (Å²) in [6, 6.07) is 21.9. The number of rotatable bonds is 5. The lowest BCUT2D eigenvalue weighted by atomic mass is 10.0. The molecule has 0 heterocycles. The molecule has 0 aliphatic rings. The average molecular weight is 391 g/mol. The lowest BCUT2D eigenvalue weighted by Gasteiger charge is -2.15. The van der Waals surface area contributed by atoms with Gasteiger partial charge in [-0.15, -0.1) is 0 Å². The van der Waals surface area contributed by atoms with Gasteiger partial charge in [0.15, 0.2) is 0 Å². The van der Waals surface area contributed by atoms with E-state index in [1.807, 2.05) is 54.6 Å². The maximum atomic E-state index is 6.38. The van der Waals surface area contributed by atoms with Gasteiger partial charge in [-0.2, -0.15) is 0 Å². The molecule has 0 radical (unpaired) electrons. The van der Waals surface area contributed by atoms with Crippen LogP contribution in [0.1, 0.15) is 24.1 Å². The van der Waals surface area contributed by atoms with Crippen molar-refractivity contribution in [2.75, 3.05) is 0 Å². The van der Waals surface area contributed by atoms with Crippen LogP contribution in [-0.2, 0) is 6.54 Å². The largest absolute Gasteiger partial charge is 0.306 e. The molecule has 1 nitrogen and oxygen atoms in total. The van der Waals surface area contributed by atoms with Crippen LogP contribution in [0.5, 0.6) is 0 Å². The Kier molecular flexibility index (Phi) is 6.03. The highest BCUT2D eigenvalue weighted by molar-refractivity contribution is 6.33. The summed E-state index contributed by atoms with van der Waals surface area (Å²) in [5.74, 6) is 0. The second-order valence-electron chi connectivity index (χ2n) is 5.98. The van der Waals surface area contributed by atoms with Crippen molar-refractivity contribution in [3.05, 3.63) is 92.9 Å². The second kappa shape index (κ2) is 8.25. The first kappa shape index (κ1) is 18.3. The summed E-state index contributed by atoms with van der Waals surface area (Å²) in [4.78, 5) is 0.